The molecule has 0 aliphatic heterocycles. The highest BCUT2D eigenvalue weighted by molar-refractivity contribution is 7.12. The van der Waals surface area contributed by atoms with Crippen molar-refractivity contribution in [1.29, 1.82) is 0 Å². The molecule has 0 saturated heterocycles. The summed E-state index contributed by atoms with van der Waals surface area (Å²) < 4.78 is 4.70. The van der Waals surface area contributed by atoms with Crippen molar-refractivity contribution in [2.45, 2.75) is 25.3 Å². The van der Waals surface area contributed by atoms with Crippen LogP contribution in [0.2, 0.25) is 0 Å². The Bertz CT molecular complexity index is 380. The second-order valence-corrected chi connectivity index (χ2v) is 5.48. The molecule has 2 N–H and O–H groups in total. The molecular formula is C11H15NO2S. The Hall–Kier alpha value is -0.870. The lowest BCUT2D eigenvalue weighted by atomic mass is 9.68. The number of nitrogens with two attached hydrogens (primary N) is 1. The normalized spacial score (nSPS) is 29.7. The summed E-state index contributed by atoms with van der Waals surface area (Å²) in [6, 6.07) is 4.13. The highest BCUT2D eigenvalue weighted by atomic mass is 32.1. The number of carbonyl (C=O) groups is 1. The van der Waals surface area contributed by atoms with Gasteiger partial charge < -0.3 is 10.5 Å². The molecule has 0 amide bonds. The molecule has 1 aromatic rings. The van der Waals surface area contributed by atoms with Crippen LogP contribution in [0, 0.1) is 12.8 Å². The van der Waals surface area contributed by atoms with Crippen molar-refractivity contribution in [3.8, 4) is 0 Å². The van der Waals surface area contributed by atoms with E-state index in [9.17, 15) is 4.79 Å². The van der Waals surface area contributed by atoms with Crippen LogP contribution in [0.25, 0.3) is 0 Å². The summed E-state index contributed by atoms with van der Waals surface area (Å²) in [6.45, 7) is 2.06. The van der Waals surface area contributed by atoms with Crippen LogP contribution < -0.4 is 5.73 Å². The van der Waals surface area contributed by atoms with Crippen LogP contribution in [0.1, 0.15) is 22.6 Å². The highest BCUT2D eigenvalue weighted by Gasteiger charge is 2.47. The van der Waals surface area contributed by atoms with Crippen molar-refractivity contribution < 1.29 is 9.53 Å². The molecule has 1 heterocycles. The molecule has 0 bridgehead atoms. The van der Waals surface area contributed by atoms with Crippen LogP contribution in [0.5, 0.6) is 0 Å². The fourth-order valence-electron chi connectivity index (χ4n) is 2.06. The van der Waals surface area contributed by atoms with Crippen molar-refractivity contribution >= 4 is 17.3 Å². The molecule has 0 unspecified atom stereocenters. The van der Waals surface area contributed by atoms with Gasteiger partial charge in [-0.2, -0.15) is 0 Å². The van der Waals surface area contributed by atoms with Gasteiger partial charge in [0, 0.05) is 9.75 Å². The van der Waals surface area contributed by atoms with Gasteiger partial charge in [0.05, 0.1) is 18.6 Å². The minimum absolute atomic E-state index is 0.0117. The number of ether oxygens (including phenoxy) is 1. The molecule has 82 valence electrons. The molecular weight excluding hydrogens is 210 g/mol. The van der Waals surface area contributed by atoms with Gasteiger partial charge >= 0.3 is 5.97 Å². The maximum absolute atomic E-state index is 11.2. The minimum Gasteiger partial charge on any atom is -0.469 e. The highest BCUT2D eigenvalue weighted by Crippen LogP contribution is 2.46. The quantitative estimate of drug-likeness (QED) is 0.781. The molecule has 0 spiro atoms. The van der Waals surface area contributed by atoms with Gasteiger partial charge in [-0.15, -0.1) is 11.3 Å². The zero-order valence-electron chi connectivity index (χ0n) is 8.95. The minimum atomic E-state index is -0.294. The lowest BCUT2D eigenvalue weighted by Gasteiger charge is -2.42. The lowest BCUT2D eigenvalue weighted by Crippen LogP contribution is -2.51. The summed E-state index contributed by atoms with van der Waals surface area (Å²) in [5.41, 5.74) is 5.93. The van der Waals surface area contributed by atoms with E-state index < -0.39 is 0 Å². The van der Waals surface area contributed by atoms with Gasteiger partial charge in [-0.1, -0.05) is 0 Å². The number of thiophene rings is 1. The van der Waals surface area contributed by atoms with E-state index in [2.05, 4.69) is 19.1 Å². The van der Waals surface area contributed by atoms with E-state index in [4.69, 9.17) is 10.5 Å². The van der Waals surface area contributed by atoms with Crippen LogP contribution in [0.15, 0.2) is 12.1 Å². The van der Waals surface area contributed by atoms with Gasteiger partial charge in [-0.25, -0.2) is 0 Å². The third kappa shape index (κ3) is 1.79. The van der Waals surface area contributed by atoms with E-state index in [0.29, 0.717) is 12.8 Å². The Morgan fingerprint density at radius 2 is 2.27 bits per heavy atom. The third-order valence-corrected chi connectivity index (χ3v) is 4.21. The zero-order valence-corrected chi connectivity index (χ0v) is 9.76. The van der Waals surface area contributed by atoms with Crippen LogP contribution in [0.3, 0.4) is 0 Å². The molecule has 0 radical (unpaired) electrons. The van der Waals surface area contributed by atoms with Gasteiger partial charge in [0.15, 0.2) is 0 Å². The van der Waals surface area contributed by atoms with Crippen molar-refractivity contribution in [3.05, 3.63) is 21.9 Å². The van der Waals surface area contributed by atoms with Gasteiger partial charge in [-0.3, -0.25) is 4.79 Å². The summed E-state index contributed by atoms with van der Waals surface area (Å²) in [6.07, 6.45) is 1.42. The number of esters is 1. The van der Waals surface area contributed by atoms with E-state index >= 15 is 0 Å². The van der Waals surface area contributed by atoms with Crippen LogP contribution in [-0.4, -0.2) is 13.1 Å². The van der Waals surface area contributed by atoms with E-state index in [1.54, 1.807) is 11.3 Å². The average Bonchev–Trinajstić information content (AvgIpc) is 2.59. The SMILES string of the molecule is COC(=O)C1CC(N)(c2ccc(C)s2)C1. The topological polar surface area (TPSA) is 52.3 Å². The second-order valence-electron chi connectivity index (χ2n) is 4.19. The fourth-order valence-corrected chi connectivity index (χ4v) is 3.05. The number of methoxy groups -OCH3 is 1. The largest absolute Gasteiger partial charge is 0.469 e. The first-order valence-corrected chi connectivity index (χ1v) is 5.80. The maximum Gasteiger partial charge on any atom is 0.308 e. The summed E-state index contributed by atoms with van der Waals surface area (Å²) in [5.74, 6) is -0.147. The first-order chi connectivity index (χ1) is 7.05. The Balaban J connectivity index is 2.05. The number of carbonyl (C=O) groups excluding carboxylic acids is 1. The molecule has 15 heavy (non-hydrogen) atoms. The molecule has 0 aromatic carbocycles. The molecule has 1 aromatic heterocycles. The predicted molar refractivity (Wildman–Crippen MR) is 59.7 cm³/mol. The fraction of sp³-hybridized carbons (Fsp3) is 0.545. The van der Waals surface area contributed by atoms with Crippen molar-refractivity contribution in [3.63, 3.8) is 0 Å². The Kier molecular flexibility index (Phi) is 2.56. The van der Waals surface area contributed by atoms with Crippen molar-refractivity contribution in [2.24, 2.45) is 11.7 Å². The standard InChI is InChI=1S/C11H15NO2S/c1-7-3-4-9(15-7)11(12)5-8(6-11)10(13)14-2/h3-4,8H,5-6,12H2,1-2H3. The third-order valence-electron chi connectivity index (χ3n) is 2.99. The number of rotatable bonds is 2. The molecule has 1 saturated carbocycles. The smallest absolute Gasteiger partial charge is 0.308 e. The van der Waals surface area contributed by atoms with E-state index in [1.807, 2.05) is 0 Å². The summed E-state index contributed by atoms with van der Waals surface area (Å²) in [7, 11) is 1.42. The van der Waals surface area contributed by atoms with Gasteiger partial charge in [-0.05, 0) is 31.9 Å². The molecule has 1 aliphatic carbocycles. The van der Waals surface area contributed by atoms with Crippen LogP contribution >= 0.6 is 11.3 Å². The summed E-state index contributed by atoms with van der Waals surface area (Å²) in [5, 5.41) is 0. The maximum atomic E-state index is 11.2. The monoisotopic (exact) mass is 225 g/mol. The van der Waals surface area contributed by atoms with E-state index in [0.717, 1.165) is 0 Å². The first kappa shape index (κ1) is 10.6. The Labute approximate surface area is 93.2 Å². The first-order valence-electron chi connectivity index (χ1n) is 4.99. The average molecular weight is 225 g/mol. The van der Waals surface area contributed by atoms with Gasteiger partial charge in [0.2, 0.25) is 0 Å². The second kappa shape index (κ2) is 3.61. The Morgan fingerprint density at radius 1 is 1.60 bits per heavy atom. The van der Waals surface area contributed by atoms with E-state index in [-0.39, 0.29) is 17.4 Å². The van der Waals surface area contributed by atoms with Crippen LogP contribution in [0.4, 0.5) is 0 Å². The zero-order chi connectivity index (χ0) is 11.1. The Morgan fingerprint density at radius 3 is 2.73 bits per heavy atom. The van der Waals surface area contributed by atoms with Gasteiger partial charge in [0.1, 0.15) is 0 Å². The number of hydrogen-bond donors (Lipinski definition) is 1. The van der Waals surface area contributed by atoms with E-state index in [1.165, 1.54) is 16.9 Å². The van der Waals surface area contributed by atoms with Crippen molar-refractivity contribution in [1.82, 2.24) is 0 Å². The molecule has 3 nitrogen and oxygen atoms in total. The molecule has 4 heteroatoms. The molecule has 2 rings (SSSR count). The number of hydrogen-bond acceptors (Lipinski definition) is 4. The van der Waals surface area contributed by atoms with Crippen LogP contribution in [-0.2, 0) is 15.1 Å². The molecule has 0 atom stereocenters. The summed E-state index contributed by atoms with van der Waals surface area (Å²) >= 11 is 1.71. The van der Waals surface area contributed by atoms with Crippen molar-refractivity contribution in [2.75, 3.05) is 7.11 Å². The number of aryl methyl sites for hydroxylation is 1. The molecule has 1 aliphatic rings. The van der Waals surface area contributed by atoms with Gasteiger partial charge in [0.25, 0.3) is 0 Å². The lowest BCUT2D eigenvalue weighted by molar-refractivity contribution is -0.151. The predicted octanol–water partition coefficient (Wildman–Crippen LogP) is 1.79. The summed E-state index contributed by atoms with van der Waals surface area (Å²) in [4.78, 5) is 13.7. The molecule has 1 fully saturated rings.